The summed E-state index contributed by atoms with van der Waals surface area (Å²) in [5.74, 6) is -0.180. The van der Waals surface area contributed by atoms with Gasteiger partial charge in [-0.3, -0.25) is 9.59 Å². The molecule has 3 aromatic carbocycles. The van der Waals surface area contributed by atoms with E-state index in [9.17, 15) is 23.6 Å². The van der Waals surface area contributed by atoms with Crippen molar-refractivity contribution in [2.75, 3.05) is 7.05 Å². The Kier molecular flexibility index (Phi) is 11.0. The van der Waals surface area contributed by atoms with Gasteiger partial charge in [-0.15, -0.1) is 0 Å². The monoisotopic (exact) mass is 784 g/mol. The molecule has 1 atom stereocenters. The van der Waals surface area contributed by atoms with E-state index in [1.54, 1.807) is 44.3 Å². The van der Waals surface area contributed by atoms with Crippen molar-refractivity contribution in [1.29, 1.82) is 5.26 Å². The number of piperazine rings is 1. The first kappa shape index (κ1) is 36.5. The Morgan fingerprint density at radius 1 is 1.12 bits per heavy atom. The van der Waals surface area contributed by atoms with Gasteiger partial charge in [0, 0.05) is 26.9 Å². The van der Waals surface area contributed by atoms with Crippen LogP contribution in [0.2, 0.25) is 10.0 Å². The summed E-state index contributed by atoms with van der Waals surface area (Å²) >= 11 is 15.7. The van der Waals surface area contributed by atoms with Gasteiger partial charge in [-0.1, -0.05) is 78.7 Å². The fourth-order valence-electron chi connectivity index (χ4n) is 5.44. The van der Waals surface area contributed by atoms with Crippen LogP contribution in [0.5, 0.6) is 5.88 Å². The third kappa shape index (κ3) is 7.38. The SMILES string of the molecule is CCc1nc2c(Cl)cc(Cl)c(-c3nn(C)c(OC(F)F)c3Br)c2o1.CN1C(=O)C(C)(Cc2ccccc2)NC(=O)/C1=C/c1ccccc1C#N. The van der Waals surface area contributed by atoms with Gasteiger partial charge in [0.05, 0.1) is 27.2 Å². The van der Waals surface area contributed by atoms with Gasteiger partial charge in [-0.2, -0.15) is 19.1 Å². The number of aryl methyl sites for hydroxylation is 2. The largest absolute Gasteiger partial charge is 0.440 e. The number of alkyl halides is 2. The van der Waals surface area contributed by atoms with Gasteiger partial charge >= 0.3 is 6.61 Å². The molecule has 1 N–H and O–H groups in total. The normalized spacial score (nSPS) is 16.7. The van der Waals surface area contributed by atoms with Crippen LogP contribution in [0.25, 0.3) is 28.4 Å². The average molecular weight is 786 g/mol. The van der Waals surface area contributed by atoms with Crippen LogP contribution in [-0.2, 0) is 29.5 Å². The van der Waals surface area contributed by atoms with Crippen molar-refractivity contribution < 1.29 is 27.5 Å². The number of ether oxygens (including phenoxy) is 1. The summed E-state index contributed by atoms with van der Waals surface area (Å²) in [6.45, 7) is 0.629. The average Bonchev–Trinajstić information content (AvgIpc) is 3.64. The second-order valence-electron chi connectivity index (χ2n) is 11.4. The van der Waals surface area contributed by atoms with E-state index in [-0.39, 0.29) is 32.9 Å². The Morgan fingerprint density at radius 3 is 2.46 bits per heavy atom. The van der Waals surface area contributed by atoms with Gasteiger partial charge < -0.3 is 19.4 Å². The minimum absolute atomic E-state index is 0.130. The number of amides is 2. The van der Waals surface area contributed by atoms with Gasteiger partial charge in [0.15, 0.2) is 11.5 Å². The Bertz CT molecular complexity index is 2170. The third-order valence-electron chi connectivity index (χ3n) is 7.83. The fraction of sp³-hybridized carbons (Fsp3) is 0.229. The number of benzene rings is 3. The summed E-state index contributed by atoms with van der Waals surface area (Å²) in [7, 11) is 3.07. The smallest absolute Gasteiger partial charge is 0.388 e. The van der Waals surface area contributed by atoms with Gasteiger partial charge in [0.25, 0.3) is 11.8 Å². The number of nitrogens with one attached hydrogen (secondary N) is 1. The summed E-state index contributed by atoms with van der Waals surface area (Å²) in [5, 5.41) is 16.9. The van der Waals surface area contributed by atoms with Crippen LogP contribution in [0.3, 0.4) is 0 Å². The zero-order valence-electron chi connectivity index (χ0n) is 27.1. The highest BCUT2D eigenvalue weighted by molar-refractivity contribution is 9.10. The maximum Gasteiger partial charge on any atom is 0.388 e. The molecule has 0 bridgehead atoms. The van der Waals surface area contributed by atoms with Crippen LogP contribution in [0.15, 0.2) is 75.3 Å². The number of rotatable bonds is 7. The molecule has 2 aromatic heterocycles. The maximum atomic E-state index is 13.0. The summed E-state index contributed by atoms with van der Waals surface area (Å²) in [6.07, 6.45) is 2.55. The molecule has 1 fully saturated rings. The lowest BCUT2D eigenvalue weighted by Gasteiger charge is -2.39. The molecule has 1 saturated heterocycles. The molecule has 3 heterocycles. The highest BCUT2D eigenvalue weighted by Crippen LogP contribution is 2.44. The number of halogens is 5. The number of aromatic nitrogens is 3. The molecule has 10 nitrogen and oxygen atoms in total. The van der Waals surface area contributed by atoms with E-state index in [2.05, 4.69) is 42.1 Å². The first-order valence-corrected chi connectivity index (χ1v) is 16.6. The minimum Gasteiger partial charge on any atom is -0.440 e. The Hall–Kier alpha value is -4.77. The lowest BCUT2D eigenvalue weighted by molar-refractivity contribution is -0.143. The summed E-state index contributed by atoms with van der Waals surface area (Å²) in [5.41, 5.74) is 2.70. The first-order valence-electron chi connectivity index (χ1n) is 15.1. The molecular weight excluding hydrogens is 757 g/mol. The fourth-order valence-corrected chi connectivity index (χ4v) is 6.65. The lowest BCUT2D eigenvalue weighted by Crippen LogP contribution is -2.64. The molecule has 5 aromatic rings. The molecule has 1 aliphatic rings. The molecule has 1 aliphatic heterocycles. The number of carbonyl (C=O) groups excluding carboxylic acids is 2. The van der Waals surface area contributed by atoms with Crippen LogP contribution >= 0.6 is 39.1 Å². The number of nitrogens with zero attached hydrogens (tertiary/aromatic N) is 5. The zero-order valence-corrected chi connectivity index (χ0v) is 30.2. The topological polar surface area (TPSA) is 126 Å². The number of oxazole rings is 1. The first-order chi connectivity index (χ1) is 23.8. The van der Waals surface area contributed by atoms with E-state index >= 15 is 0 Å². The van der Waals surface area contributed by atoms with Crippen molar-refractivity contribution in [3.8, 4) is 23.2 Å². The number of hydrogen-bond acceptors (Lipinski definition) is 7. The summed E-state index contributed by atoms with van der Waals surface area (Å²) in [4.78, 5) is 31.3. The van der Waals surface area contributed by atoms with Crippen molar-refractivity contribution in [3.63, 3.8) is 0 Å². The predicted octanol–water partition coefficient (Wildman–Crippen LogP) is 7.95. The number of hydrogen-bond donors (Lipinski definition) is 1. The van der Waals surface area contributed by atoms with E-state index in [0.717, 1.165) is 5.56 Å². The van der Waals surface area contributed by atoms with Crippen molar-refractivity contribution in [3.05, 3.63) is 103 Å². The van der Waals surface area contributed by atoms with Crippen molar-refractivity contribution >= 4 is 68.1 Å². The molecule has 1 unspecified atom stereocenters. The van der Waals surface area contributed by atoms with Crippen molar-refractivity contribution in [1.82, 2.24) is 25.0 Å². The second kappa shape index (κ2) is 15.0. The van der Waals surface area contributed by atoms with E-state index in [4.69, 9.17) is 27.6 Å². The maximum absolute atomic E-state index is 13.0. The van der Waals surface area contributed by atoms with Crippen LogP contribution in [-0.4, -0.2) is 50.7 Å². The number of nitriles is 1. The molecule has 0 spiro atoms. The molecule has 2 amide bonds. The molecule has 0 saturated carbocycles. The number of fused-ring (bicyclic) bond motifs is 1. The van der Waals surface area contributed by atoms with Crippen molar-refractivity contribution in [2.45, 2.75) is 38.8 Å². The summed E-state index contributed by atoms with van der Waals surface area (Å²) < 4.78 is 36.7. The predicted molar refractivity (Wildman–Crippen MR) is 189 cm³/mol. The van der Waals surface area contributed by atoms with Crippen LogP contribution in [0.1, 0.15) is 36.4 Å². The second-order valence-corrected chi connectivity index (χ2v) is 13.0. The van der Waals surface area contributed by atoms with Crippen LogP contribution < -0.4 is 10.1 Å². The molecule has 0 aliphatic carbocycles. The van der Waals surface area contributed by atoms with E-state index in [1.807, 2.05) is 37.3 Å². The molecule has 15 heteroatoms. The third-order valence-corrected chi connectivity index (χ3v) is 9.13. The van der Waals surface area contributed by atoms with Gasteiger partial charge in [-0.05, 0) is 52.2 Å². The van der Waals surface area contributed by atoms with E-state index in [0.29, 0.717) is 57.2 Å². The van der Waals surface area contributed by atoms with Gasteiger partial charge in [0.2, 0.25) is 5.88 Å². The lowest BCUT2D eigenvalue weighted by atomic mass is 9.88. The van der Waals surface area contributed by atoms with Gasteiger partial charge in [-0.25, -0.2) is 9.67 Å². The highest BCUT2D eigenvalue weighted by atomic mass is 79.9. The number of carbonyl (C=O) groups is 2. The molecule has 50 heavy (non-hydrogen) atoms. The van der Waals surface area contributed by atoms with E-state index in [1.165, 1.54) is 22.7 Å². The number of likely N-dealkylation sites (N-methyl/N-ethyl adjacent to an activating group) is 1. The van der Waals surface area contributed by atoms with Crippen LogP contribution in [0.4, 0.5) is 8.78 Å². The summed E-state index contributed by atoms with van der Waals surface area (Å²) in [6, 6.07) is 20.1. The minimum atomic E-state index is -2.98. The Morgan fingerprint density at radius 2 is 1.80 bits per heavy atom. The van der Waals surface area contributed by atoms with Crippen LogP contribution in [0, 0.1) is 11.3 Å². The van der Waals surface area contributed by atoms with Gasteiger partial charge in [0.1, 0.15) is 26.9 Å². The zero-order chi connectivity index (χ0) is 36.3. The Balaban J connectivity index is 0.000000195. The van der Waals surface area contributed by atoms with Crippen molar-refractivity contribution in [2.24, 2.45) is 7.05 Å². The Labute approximate surface area is 304 Å². The molecular formula is C35H29BrCl2F2N6O4. The molecule has 6 rings (SSSR count). The quantitative estimate of drug-likeness (QED) is 0.166. The standard InChI is InChI=1S/C21H19N3O2.C14H10BrCl2F2N3O2/c1-21(13-15-8-4-3-5-9-15)20(26)24(2)18(19(25)23-21)12-16-10-6-7-11-17(16)14-22;1-3-7-20-10-6(17)4-5(16)8(12(10)23-7)11-9(15)13(22(2)21-11)24-14(18)19/h3-12H,13H2,1-2H3,(H,23,25);4,14H,3H2,1-2H3/b18-12-;. The highest BCUT2D eigenvalue weighted by Gasteiger charge is 2.44. The molecule has 0 radical (unpaired) electrons. The molecule has 258 valence electrons. The van der Waals surface area contributed by atoms with E-state index < -0.39 is 12.2 Å².